The Hall–Kier alpha value is -3.08. The van der Waals surface area contributed by atoms with Crippen LogP contribution in [-0.2, 0) is 0 Å². The van der Waals surface area contributed by atoms with E-state index in [9.17, 15) is 0 Å². The molecule has 0 saturated heterocycles. The maximum atomic E-state index is 5.27. The van der Waals surface area contributed by atoms with E-state index in [4.69, 9.17) is 4.74 Å². The zero-order chi connectivity index (χ0) is 16.9. The van der Waals surface area contributed by atoms with Crippen molar-refractivity contribution in [1.29, 1.82) is 0 Å². The van der Waals surface area contributed by atoms with E-state index in [2.05, 4.69) is 27.1 Å². The van der Waals surface area contributed by atoms with Crippen molar-refractivity contribution in [2.75, 3.05) is 26.1 Å². The van der Waals surface area contributed by atoms with Gasteiger partial charge in [-0.3, -0.25) is 0 Å². The second kappa shape index (κ2) is 7.00. The van der Waals surface area contributed by atoms with Crippen molar-refractivity contribution in [3.63, 3.8) is 0 Å². The Kier molecular flexibility index (Phi) is 4.61. The summed E-state index contributed by atoms with van der Waals surface area (Å²) in [5.74, 6) is 1.57. The molecule has 0 aliphatic carbocycles. The Morgan fingerprint density at radius 2 is 1.92 bits per heavy atom. The molecule has 0 N–H and O–H groups in total. The Morgan fingerprint density at radius 3 is 2.62 bits per heavy atom. The number of anilines is 1. The fourth-order valence-corrected chi connectivity index (χ4v) is 2.35. The van der Waals surface area contributed by atoms with Crippen molar-refractivity contribution in [1.82, 2.24) is 9.66 Å². The summed E-state index contributed by atoms with van der Waals surface area (Å²) in [5, 5.41) is 4.52. The van der Waals surface area contributed by atoms with Gasteiger partial charge in [0.1, 0.15) is 5.75 Å². The Morgan fingerprint density at radius 1 is 1.12 bits per heavy atom. The lowest BCUT2D eigenvalue weighted by molar-refractivity contribution is 0.415. The van der Waals surface area contributed by atoms with Gasteiger partial charge in [0.2, 0.25) is 0 Å². The van der Waals surface area contributed by atoms with E-state index >= 15 is 0 Å². The minimum Gasteiger partial charge on any atom is -0.497 e. The third-order valence-corrected chi connectivity index (χ3v) is 3.69. The molecule has 1 heterocycles. The third-order valence-electron chi connectivity index (χ3n) is 3.69. The molecule has 0 aliphatic heterocycles. The topological polar surface area (TPSA) is 42.6 Å². The summed E-state index contributed by atoms with van der Waals surface area (Å²) in [7, 11) is 5.70. The van der Waals surface area contributed by atoms with Crippen LogP contribution in [0.25, 0.3) is 11.4 Å². The number of ether oxygens (including phenoxy) is 1. The summed E-state index contributed by atoms with van der Waals surface area (Å²) in [6.07, 6.45) is 5.39. The predicted octanol–water partition coefficient (Wildman–Crippen LogP) is 3.51. The van der Waals surface area contributed by atoms with Crippen LogP contribution in [0.15, 0.2) is 66.0 Å². The average molecular weight is 320 g/mol. The molecule has 0 atom stereocenters. The lowest BCUT2D eigenvalue weighted by Gasteiger charge is -2.11. The van der Waals surface area contributed by atoms with E-state index < -0.39 is 0 Å². The van der Waals surface area contributed by atoms with Crippen LogP contribution in [0.5, 0.6) is 5.75 Å². The Labute approximate surface area is 141 Å². The van der Waals surface area contributed by atoms with Gasteiger partial charge in [-0.1, -0.05) is 24.3 Å². The lowest BCUT2D eigenvalue weighted by Crippen LogP contribution is -2.08. The van der Waals surface area contributed by atoms with Crippen LogP contribution < -0.4 is 9.64 Å². The molecule has 5 heteroatoms. The van der Waals surface area contributed by atoms with Gasteiger partial charge in [-0.25, -0.2) is 9.66 Å². The number of benzene rings is 2. The molecule has 0 radical (unpaired) electrons. The fraction of sp³-hybridized carbons (Fsp3) is 0.158. The van der Waals surface area contributed by atoms with Gasteiger partial charge in [-0.15, -0.1) is 0 Å². The van der Waals surface area contributed by atoms with Gasteiger partial charge >= 0.3 is 0 Å². The normalized spacial score (nSPS) is 11.0. The van der Waals surface area contributed by atoms with Gasteiger partial charge in [-0.05, 0) is 29.8 Å². The van der Waals surface area contributed by atoms with Gasteiger partial charge in [0, 0.05) is 37.7 Å². The van der Waals surface area contributed by atoms with E-state index in [1.165, 1.54) is 0 Å². The molecule has 0 saturated carbocycles. The number of aromatic nitrogens is 2. The summed E-state index contributed by atoms with van der Waals surface area (Å²) in [5.41, 5.74) is 3.15. The highest BCUT2D eigenvalue weighted by atomic mass is 16.5. The number of methoxy groups -OCH3 is 1. The maximum Gasteiger partial charge on any atom is 0.160 e. The van der Waals surface area contributed by atoms with Crippen molar-refractivity contribution < 1.29 is 4.74 Å². The molecule has 0 unspecified atom stereocenters. The molecule has 3 rings (SSSR count). The highest BCUT2D eigenvalue weighted by molar-refractivity contribution is 5.80. The Balaban J connectivity index is 1.85. The van der Waals surface area contributed by atoms with Crippen LogP contribution in [0.4, 0.5) is 5.69 Å². The maximum absolute atomic E-state index is 5.27. The molecular formula is C19H20N4O. The molecule has 0 spiro atoms. The zero-order valence-electron chi connectivity index (χ0n) is 14.0. The number of imidazole rings is 1. The molecule has 0 amide bonds. The van der Waals surface area contributed by atoms with Crippen molar-refractivity contribution >= 4 is 11.9 Å². The largest absolute Gasteiger partial charge is 0.497 e. The molecule has 0 aliphatic rings. The molecule has 0 bridgehead atoms. The highest BCUT2D eigenvalue weighted by Crippen LogP contribution is 2.22. The molecule has 2 aromatic carbocycles. The number of hydrogen-bond donors (Lipinski definition) is 0. The second-order valence-corrected chi connectivity index (χ2v) is 5.56. The summed E-state index contributed by atoms with van der Waals surface area (Å²) in [6, 6.07) is 16.0. The monoisotopic (exact) mass is 320 g/mol. The SMILES string of the molecule is COc1cccc(-c2nccn2N=Cc2ccc(N(C)C)cc2)c1. The van der Waals surface area contributed by atoms with E-state index in [-0.39, 0.29) is 0 Å². The fourth-order valence-electron chi connectivity index (χ4n) is 2.35. The van der Waals surface area contributed by atoms with Crippen LogP contribution in [0.1, 0.15) is 5.56 Å². The summed E-state index contributed by atoms with van der Waals surface area (Å²) >= 11 is 0. The quantitative estimate of drug-likeness (QED) is 0.676. The smallest absolute Gasteiger partial charge is 0.160 e. The van der Waals surface area contributed by atoms with E-state index in [1.807, 2.05) is 62.9 Å². The highest BCUT2D eigenvalue weighted by Gasteiger charge is 2.06. The van der Waals surface area contributed by atoms with Gasteiger partial charge < -0.3 is 9.64 Å². The van der Waals surface area contributed by atoms with Gasteiger partial charge in [0.05, 0.1) is 13.3 Å². The minimum absolute atomic E-state index is 0.773. The van der Waals surface area contributed by atoms with Crippen molar-refractivity contribution in [3.8, 4) is 17.1 Å². The van der Waals surface area contributed by atoms with Crippen LogP contribution in [-0.4, -0.2) is 37.1 Å². The molecule has 122 valence electrons. The number of hydrogen-bond acceptors (Lipinski definition) is 4. The van der Waals surface area contributed by atoms with E-state index in [1.54, 1.807) is 18.0 Å². The number of nitrogens with zero attached hydrogens (tertiary/aromatic N) is 4. The summed E-state index contributed by atoms with van der Waals surface area (Å²) < 4.78 is 7.03. The first-order chi connectivity index (χ1) is 11.7. The first kappa shape index (κ1) is 15.8. The molecule has 1 aromatic heterocycles. The van der Waals surface area contributed by atoms with Crippen LogP contribution in [0.3, 0.4) is 0 Å². The minimum atomic E-state index is 0.773. The van der Waals surface area contributed by atoms with Crippen LogP contribution in [0.2, 0.25) is 0 Å². The van der Waals surface area contributed by atoms with Gasteiger partial charge in [0.25, 0.3) is 0 Å². The Bertz CT molecular complexity index is 835. The first-order valence-corrected chi connectivity index (χ1v) is 7.67. The van der Waals surface area contributed by atoms with Gasteiger partial charge in [0.15, 0.2) is 5.82 Å². The molecular weight excluding hydrogens is 300 g/mol. The van der Waals surface area contributed by atoms with E-state index in [0.717, 1.165) is 28.4 Å². The lowest BCUT2D eigenvalue weighted by atomic mass is 10.2. The third kappa shape index (κ3) is 3.46. The van der Waals surface area contributed by atoms with Crippen LogP contribution >= 0.6 is 0 Å². The molecule has 3 aromatic rings. The van der Waals surface area contributed by atoms with E-state index in [0.29, 0.717) is 0 Å². The second-order valence-electron chi connectivity index (χ2n) is 5.56. The first-order valence-electron chi connectivity index (χ1n) is 7.67. The molecule has 24 heavy (non-hydrogen) atoms. The van der Waals surface area contributed by atoms with Crippen molar-refractivity contribution in [2.24, 2.45) is 5.10 Å². The standard InChI is InChI=1S/C19H20N4O/c1-22(2)17-9-7-15(8-10-17)14-21-23-12-11-20-19(23)16-5-4-6-18(13-16)24-3/h4-14H,1-3H3. The zero-order valence-corrected chi connectivity index (χ0v) is 14.0. The number of rotatable bonds is 5. The predicted molar refractivity (Wildman–Crippen MR) is 98.0 cm³/mol. The van der Waals surface area contributed by atoms with Crippen molar-refractivity contribution in [3.05, 3.63) is 66.5 Å². The summed E-state index contributed by atoms with van der Waals surface area (Å²) in [6.45, 7) is 0. The van der Waals surface area contributed by atoms with Crippen molar-refractivity contribution in [2.45, 2.75) is 0 Å². The van der Waals surface area contributed by atoms with Crippen LogP contribution in [0, 0.1) is 0 Å². The van der Waals surface area contributed by atoms with Gasteiger partial charge in [-0.2, -0.15) is 5.10 Å². The molecule has 5 nitrogen and oxygen atoms in total. The molecule has 0 fully saturated rings. The average Bonchev–Trinajstić information content (AvgIpc) is 3.09. The summed E-state index contributed by atoms with van der Waals surface area (Å²) in [4.78, 5) is 6.47.